The van der Waals surface area contributed by atoms with Crippen LogP contribution in [0.4, 0.5) is 10.5 Å². The molecule has 3 aromatic rings. The van der Waals surface area contributed by atoms with Crippen LogP contribution in [0.25, 0.3) is 11.1 Å². The van der Waals surface area contributed by atoms with Crippen molar-refractivity contribution in [2.45, 2.75) is 50.7 Å². The maximum Gasteiger partial charge on any atom is 0.412 e. The highest BCUT2D eigenvalue weighted by atomic mass is 16.6. The minimum atomic E-state index is -0.491. The summed E-state index contributed by atoms with van der Waals surface area (Å²) in [5, 5.41) is 6.35. The van der Waals surface area contributed by atoms with Crippen molar-refractivity contribution in [2.24, 2.45) is 0 Å². The van der Waals surface area contributed by atoms with Gasteiger partial charge in [0.1, 0.15) is 12.2 Å². The van der Waals surface area contributed by atoms with E-state index in [0.717, 1.165) is 0 Å². The fourth-order valence-electron chi connectivity index (χ4n) is 4.67. The van der Waals surface area contributed by atoms with E-state index < -0.39 is 12.2 Å². The van der Waals surface area contributed by atoms with Crippen LogP contribution in [-0.4, -0.2) is 43.7 Å². The standard InChI is InChI=1S/C29H32N2O4/c1-19(2)21-12-14-24(15-13-21)31-29(32)35-26-18-34-27-25(17-33-28(26)27)30-16-20-8-10-23(11-9-20)22-6-4-3-5-7-22/h3-15,19,25-28,30H,16-18H2,1-2H3,(H,31,32)/t25-,26+,27+,28+/m0/s1. The molecule has 0 bridgehead atoms. The van der Waals surface area contributed by atoms with Gasteiger partial charge in [0, 0.05) is 12.2 Å². The summed E-state index contributed by atoms with van der Waals surface area (Å²) in [6.07, 6.45) is -1.31. The molecule has 182 valence electrons. The van der Waals surface area contributed by atoms with Crippen LogP contribution in [0.2, 0.25) is 0 Å². The third kappa shape index (κ3) is 5.56. The first kappa shape index (κ1) is 23.5. The fourth-order valence-corrected chi connectivity index (χ4v) is 4.67. The van der Waals surface area contributed by atoms with E-state index in [1.165, 1.54) is 22.3 Å². The summed E-state index contributed by atoms with van der Waals surface area (Å²) in [4.78, 5) is 12.4. The maximum atomic E-state index is 12.4. The average molecular weight is 473 g/mol. The number of anilines is 1. The van der Waals surface area contributed by atoms with Crippen LogP contribution < -0.4 is 10.6 Å². The Morgan fingerprint density at radius 1 is 0.886 bits per heavy atom. The number of benzene rings is 3. The number of carbonyl (C=O) groups is 1. The summed E-state index contributed by atoms with van der Waals surface area (Å²) >= 11 is 0. The lowest BCUT2D eigenvalue weighted by molar-refractivity contribution is 0.00854. The number of amides is 1. The minimum absolute atomic E-state index is 0.0500. The summed E-state index contributed by atoms with van der Waals surface area (Å²) < 4.78 is 17.6. The van der Waals surface area contributed by atoms with Crippen molar-refractivity contribution in [2.75, 3.05) is 18.5 Å². The normalized spacial score (nSPS) is 23.3. The predicted octanol–water partition coefficient (Wildman–Crippen LogP) is 5.35. The summed E-state index contributed by atoms with van der Waals surface area (Å²) in [5.41, 5.74) is 5.54. The summed E-state index contributed by atoms with van der Waals surface area (Å²) in [5.74, 6) is 0.443. The number of fused-ring (bicyclic) bond motifs is 1. The topological polar surface area (TPSA) is 68.8 Å². The van der Waals surface area contributed by atoms with E-state index in [4.69, 9.17) is 14.2 Å². The molecule has 2 aliphatic heterocycles. The SMILES string of the molecule is CC(C)c1ccc(NC(=O)O[C@@H]2CO[C@H]3[C@@H]2OC[C@@H]3NCc2ccc(-c3ccccc3)cc2)cc1. The lowest BCUT2D eigenvalue weighted by Gasteiger charge is -2.18. The molecule has 3 aromatic carbocycles. The largest absolute Gasteiger partial charge is 0.441 e. The van der Waals surface area contributed by atoms with Crippen molar-refractivity contribution in [3.8, 4) is 11.1 Å². The van der Waals surface area contributed by atoms with Gasteiger partial charge in [-0.25, -0.2) is 4.79 Å². The molecule has 0 radical (unpaired) electrons. The second-order valence-electron chi connectivity index (χ2n) is 9.49. The average Bonchev–Trinajstić information content (AvgIpc) is 3.47. The predicted molar refractivity (Wildman–Crippen MR) is 136 cm³/mol. The molecule has 2 heterocycles. The first-order chi connectivity index (χ1) is 17.1. The molecule has 6 heteroatoms. The van der Waals surface area contributed by atoms with Gasteiger partial charge in [-0.15, -0.1) is 0 Å². The number of ether oxygens (including phenoxy) is 3. The number of rotatable bonds is 7. The van der Waals surface area contributed by atoms with Crippen LogP contribution in [0.15, 0.2) is 78.9 Å². The molecule has 0 saturated carbocycles. The van der Waals surface area contributed by atoms with Gasteiger partial charge in [0.25, 0.3) is 0 Å². The van der Waals surface area contributed by atoms with Crippen molar-refractivity contribution in [3.63, 3.8) is 0 Å². The monoisotopic (exact) mass is 472 g/mol. The molecule has 4 atom stereocenters. The lowest BCUT2D eigenvalue weighted by Crippen LogP contribution is -2.41. The van der Waals surface area contributed by atoms with Crippen molar-refractivity contribution < 1.29 is 19.0 Å². The van der Waals surface area contributed by atoms with Gasteiger partial charge in [-0.2, -0.15) is 0 Å². The van der Waals surface area contributed by atoms with Crippen LogP contribution in [-0.2, 0) is 20.8 Å². The van der Waals surface area contributed by atoms with Gasteiger partial charge >= 0.3 is 6.09 Å². The molecule has 1 amide bonds. The molecule has 0 aromatic heterocycles. The van der Waals surface area contributed by atoms with Gasteiger partial charge in [0.15, 0.2) is 6.10 Å². The van der Waals surface area contributed by atoms with Gasteiger partial charge in [0.05, 0.1) is 19.3 Å². The van der Waals surface area contributed by atoms with E-state index in [2.05, 4.69) is 60.9 Å². The second-order valence-corrected chi connectivity index (χ2v) is 9.49. The Labute approximate surface area is 206 Å². The summed E-state index contributed by atoms with van der Waals surface area (Å²) in [6.45, 7) is 5.85. The Bertz CT molecular complexity index is 1120. The first-order valence-corrected chi connectivity index (χ1v) is 12.3. The number of nitrogens with one attached hydrogen (secondary N) is 2. The van der Waals surface area contributed by atoms with Crippen LogP contribution in [0.5, 0.6) is 0 Å². The zero-order valence-electron chi connectivity index (χ0n) is 20.1. The van der Waals surface area contributed by atoms with E-state index >= 15 is 0 Å². The number of carbonyl (C=O) groups excluding carboxylic acids is 1. The highest BCUT2D eigenvalue weighted by molar-refractivity contribution is 5.84. The van der Waals surface area contributed by atoms with Gasteiger partial charge in [-0.05, 0) is 40.3 Å². The minimum Gasteiger partial charge on any atom is -0.441 e. The van der Waals surface area contributed by atoms with E-state index in [9.17, 15) is 4.79 Å². The Balaban J connectivity index is 1.10. The molecule has 35 heavy (non-hydrogen) atoms. The third-order valence-corrected chi connectivity index (χ3v) is 6.72. The van der Waals surface area contributed by atoms with Gasteiger partial charge < -0.3 is 19.5 Å². The van der Waals surface area contributed by atoms with Crippen LogP contribution in [0.3, 0.4) is 0 Å². The summed E-state index contributed by atoms with van der Waals surface area (Å²) in [6, 6.07) is 26.8. The maximum absolute atomic E-state index is 12.4. The first-order valence-electron chi connectivity index (χ1n) is 12.3. The Kier molecular flexibility index (Phi) is 7.13. The van der Waals surface area contributed by atoms with Gasteiger partial charge in [-0.3, -0.25) is 5.32 Å². The van der Waals surface area contributed by atoms with Crippen molar-refractivity contribution in [1.82, 2.24) is 5.32 Å². The number of hydrogen-bond acceptors (Lipinski definition) is 5. The Morgan fingerprint density at radius 3 is 2.29 bits per heavy atom. The lowest BCUT2D eigenvalue weighted by atomic mass is 10.0. The summed E-state index contributed by atoms with van der Waals surface area (Å²) in [7, 11) is 0. The number of hydrogen-bond donors (Lipinski definition) is 2. The van der Waals surface area contributed by atoms with Crippen LogP contribution in [0.1, 0.15) is 30.9 Å². The molecule has 0 aliphatic carbocycles. The quantitative estimate of drug-likeness (QED) is 0.485. The molecule has 2 N–H and O–H groups in total. The van der Waals surface area contributed by atoms with Gasteiger partial charge in [0.2, 0.25) is 0 Å². The highest BCUT2D eigenvalue weighted by Gasteiger charge is 2.49. The van der Waals surface area contributed by atoms with Crippen LogP contribution in [0, 0.1) is 0 Å². The molecule has 2 fully saturated rings. The fraction of sp³-hybridized carbons (Fsp3) is 0.345. The smallest absolute Gasteiger partial charge is 0.412 e. The van der Waals surface area contributed by atoms with Crippen molar-refractivity contribution in [1.29, 1.82) is 0 Å². The highest BCUT2D eigenvalue weighted by Crippen LogP contribution is 2.29. The zero-order chi connectivity index (χ0) is 24.2. The molecule has 0 spiro atoms. The van der Waals surface area contributed by atoms with E-state index in [1.807, 2.05) is 42.5 Å². The van der Waals surface area contributed by atoms with E-state index in [-0.39, 0.29) is 18.2 Å². The van der Waals surface area contributed by atoms with E-state index in [0.29, 0.717) is 31.4 Å². The molecule has 0 unspecified atom stereocenters. The van der Waals surface area contributed by atoms with E-state index in [1.54, 1.807) is 0 Å². The molecule has 6 nitrogen and oxygen atoms in total. The molecule has 5 rings (SSSR count). The van der Waals surface area contributed by atoms with Crippen molar-refractivity contribution >= 4 is 11.8 Å². The Hall–Kier alpha value is -3.19. The third-order valence-electron chi connectivity index (χ3n) is 6.72. The molecule has 2 aliphatic rings. The van der Waals surface area contributed by atoms with Gasteiger partial charge in [-0.1, -0.05) is 80.6 Å². The van der Waals surface area contributed by atoms with Crippen molar-refractivity contribution in [3.05, 3.63) is 90.0 Å². The molecular formula is C29H32N2O4. The van der Waals surface area contributed by atoms with Crippen LogP contribution >= 0.6 is 0 Å². The molecular weight excluding hydrogens is 440 g/mol. The molecule has 2 saturated heterocycles. The second kappa shape index (κ2) is 10.6. The Morgan fingerprint density at radius 2 is 1.57 bits per heavy atom. The zero-order valence-corrected chi connectivity index (χ0v) is 20.1.